The summed E-state index contributed by atoms with van der Waals surface area (Å²) < 4.78 is 0. The van der Waals surface area contributed by atoms with Crippen molar-refractivity contribution in [2.75, 3.05) is 21.7 Å². The lowest BCUT2D eigenvalue weighted by Gasteiger charge is -2.28. The highest BCUT2D eigenvalue weighted by Crippen LogP contribution is 2.37. The lowest BCUT2D eigenvalue weighted by molar-refractivity contribution is 0.102. The van der Waals surface area contributed by atoms with Gasteiger partial charge in [0.25, 0.3) is 5.91 Å². The number of amides is 1. The van der Waals surface area contributed by atoms with Crippen LogP contribution in [0.3, 0.4) is 0 Å². The van der Waals surface area contributed by atoms with E-state index >= 15 is 0 Å². The molecule has 0 radical (unpaired) electrons. The molecule has 5 heteroatoms. The number of carbonyl (C=O) groups excluding carboxylic acids is 1. The van der Waals surface area contributed by atoms with E-state index in [0.717, 1.165) is 17.1 Å². The summed E-state index contributed by atoms with van der Waals surface area (Å²) in [5.74, 6) is -0.260. The first-order valence-corrected chi connectivity index (χ1v) is 12.9. The first kappa shape index (κ1) is 26.8. The minimum absolute atomic E-state index is 0.0751. The Bertz CT molecular complexity index is 1330. The number of nitrogens with two attached hydrogens (primary N) is 2. The van der Waals surface area contributed by atoms with E-state index in [2.05, 4.69) is 100 Å². The third-order valence-electron chi connectivity index (χ3n) is 6.61. The van der Waals surface area contributed by atoms with Crippen LogP contribution in [0.2, 0.25) is 0 Å². The minimum Gasteiger partial charge on any atom is -0.399 e. The number of nitrogens with zero attached hydrogens (tertiary/aromatic N) is 1. The number of carbonyl (C=O) groups is 1. The van der Waals surface area contributed by atoms with Crippen LogP contribution in [0, 0.1) is 0 Å². The van der Waals surface area contributed by atoms with Crippen molar-refractivity contribution in [1.82, 2.24) is 0 Å². The van der Waals surface area contributed by atoms with E-state index in [1.54, 1.807) is 18.2 Å². The minimum atomic E-state index is -0.260. The lowest BCUT2D eigenvalue weighted by atomic mass is 9.86. The first-order valence-electron chi connectivity index (χ1n) is 12.9. The van der Waals surface area contributed by atoms with Crippen molar-refractivity contribution in [3.05, 3.63) is 108 Å². The van der Waals surface area contributed by atoms with Gasteiger partial charge in [-0.1, -0.05) is 65.8 Å². The molecule has 0 aliphatic heterocycles. The summed E-state index contributed by atoms with van der Waals surface area (Å²) in [7, 11) is 0. The highest BCUT2D eigenvalue weighted by molar-refractivity contribution is 6.05. The van der Waals surface area contributed by atoms with Gasteiger partial charge in [0, 0.05) is 39.7 Å². The van der Waals surface area contributed by atoms with Crippen LogP contribution in [-0.2, 0) is 10.8 Å². The molecule has 4 aromatic rings. The van der Waals surface area contributed by atoms with Crippen molar-refractivity contribution in [1.29, 1.82) is 0 Å². The Morgan fingerprint density at radius 2 is 0.974 bits per heavy atom. The monoisotopic (exact) mass is 506 g/mol. The fourth-order valence-corrected chi connectivity index (χ4v) is 4.37. The predicted octanol–water partition coefficient (Wildman–Crippen LogP) is 8.17. The van der Waals surface area contributed by atoms with Crippen LogP contribution < -0.4 is 21.7 Å². The van der Waals surface area contributed by atoms with Crippen LogP contribution in [0.5, 0.6) is 0 Å². The number of benzene rings is 4. The molecule has 0 unspecified atom stereocenters. The largest absolute Gasteiger partial charge is 0.399 e. The van der Waals surface area contributed by atoms with Gasteiger partial charge in [-0.25, -0.2) is 0 Å². The van der Waals surface area contributed by atoms with E-state index in [0.29, 0.717) is 22.6 Å². The number of hydrogen-bond donors (Lipinski definition) is 3. The van der Waals surface area contributed by atoms with Crippen LogP contribution >= 0.6 is 0 Å². The topological polar surface area (TPSA) is 84.4 Å². The molecular formula is C33H38N4O. The van der Waals surface area contributed by atoms with Gasteiger partial charge in [0.15, 0.2) is 0 Å². The maximum Gasteiger partial charge on any atom is 0.255 e. The van der Waals surface area contributed by atoms with Gasteiger partial charge in [-0.05, 0) is 88.7 Å². The molecule has 4 rings (SSSR count). The second-order valence-corrected chi connectivity index (χ2v) is 11.8. The number of hydrogen-bond acceptors (Lipinski definition) is 4. The summed E-state index contributed by atoms with van der Waals surface area (Å²) in [6.45, 7) is 13.3. The van der Waals surface area contributed by atoms with Gasteiger partial charge in [0.1, 0.15) is 0 Å². The quantitative estimate of drug-likeness (QED) is 0.238. The zero-order chi connectivity index (χ0) is 27.7. The van der Waals surface area contributed by atoms with Crippen LogP contribution in [0.1, 0.15) is 63.0 Å². The van der Waals surface area contributed by atoms with Gasteiger partial charge < -0.3 is 21.7 Å². The number of nitrogens with one attached hydrogen (secondary N) is 1. The van der Waals surface area contributed by atoms with Crippen molar-refractivity contribution >= 4 is 40.0 Å². The number of rotatable bonds is 5. The maximum absolute atomic E-state index is 12.8. The third kappa shape index (κ3) is 6.17. The Balaban J connectivity index is 1.66. The number of anilines is 6. The third-order valence-corrected chi connectivity index (χ3v) is 6.61. The van der Waals surface area contributed by atoms with Crippen LogP contribution in [0.25, 0.3) is 0 Å². The highest BCUT2D eigenvalue weighted by atomic mass is 16.1. The Hall–Kier alpha value is -4.25. The Labute approximate surface area is 226 Å². The molecule has 0 saturated carbocycles. The molecule has 5 nitrogen and oxygen atoms in total. The van der Waals surface area contributed by atoms with Gasteiger partial charge >= 0.3 is 0 Å². The summed E-state index contributed by atoms with van der Waals surface area (Å²) in [6, 6.07) is 30.1. The van der Waals surface area contributed by atoms with Gasteiger partial charge in [0.2, 0.25) is 0 Å². The van der Waals surface area contributed by atoms with Crippen molar-refractivity contribution in [3.8, 4) is 0 Å². The van der Waals surface area contributed by atoms with Crippen molar-refractivity contribution in [2.45, 2.75) is 52.4 Å². The Morgan fingerprint density at radius 3 is 1.34 bits per heavy atom. The predicted molar refractivity (Wildman–Crippen MR) is 162 cm³/mol. The standard InChI is InChI=1S/C33H38N4O/c1-32(2,3)23-7-13-28(14-8-23)37(29-15-9-24(10-16-29)33(4,5)6)30-17-11-27(12-18-30)36-31(38)22-19-25(34)21-26(35)20-22/h7-21H,34-35H2,1-6H3,(H,36,38). The normalized spacial score (nSPS) is 11.7. The molecule has 0 heterocycles. The van der Waals surface area contributed by atoms with E-state index in [9.17, 15) is 4.79 Å². The first-order chi connectivity index (χ1) is 17.8. The van der Waals surface area contributed by atoms with E-state index in [4.69, 9.17) is 11.5 Å². The lowest BCUT2D eigenvalue weighted by Crippen LogP contribution is -2.15. The summed E-state index contributed by atoms with van der Waals surface area (Å²) >= 11 is 0. The van der Waals surface area contributed by atoms with E-state index in [-0.39, 0.29) is 16.7 Å². The Morgan fingerprint density at radius 1 is 0.605 bits per heavy atom. The second-order valence-electron chi connectivity index (χ2n) is 11.8. The average Bonchev–Trinajstić information content (AvgIpc) is 2.84. The van der Waals surface area contributed by atoms with E-state index < -0.39 is 0 Å². The maximum atomic E-state index is 12.8. The van der Waals surface area contributed by atoms with Gasteiger partial charge in [-0.2, -0.15) is 0 Å². The molecule has 4 aromatic carbocycles. The SMILES string of the molecule is CC(C)(C)c1ccc(N(c2ccc(NC(=O)c3cc(N)cc(N)c3)cc2)c2ccc(C(C)(C)C)cc2)cc1. The fourth-order valence-electron chi connectivity index (χ4n) is 4.37. The van der Waals surface area contributed by atoms with Gasteiger partial charge in [-0.15, -0.1) is 0 Å². The van der Waals surface area contributed by atoms with Crippen LogP contribution in [-0.4, -0.2) is 5.91 Å². The average molecular weight is 507 g/mol. The van der Waals surface area contributed by atoms with Crippen molar-refractivity contribution < 1.29 is 4.79 Å². The molecular weight excluding hydrogens is 468 g/mol. The molecule has 196 valence electrons. The zero-order valence-electron chi connectivity index (χ0n) is 23.2. The smallest absolute Gasteiger partial charge is 0.255 e. The molecule has 0 spiro atoms. The Kier molecular flexibility index (Phi) is 7.23. The van der Waals surface area contributed by atoms with Crippen LogP contribution in [0.15, 0.2) is 91.0 Å². The summed E-state index contributed by atoms with van der Waals surface area (Å²) in [5.41, 5.74) is 19.6. The molecule has 0 fully saturated rings. The molecule has 0 aromatic heterocycles. The fraction of sp³-hybridized carbons (Fsp3) is 0.242. The van der Waals surface area contributed by atoms with Gasteiger partial charge in [0.05, 0.1) is 0 Å². The van der Waals surface area contributed by atoms with E-state index in [1.807, 2.05) is 24.3 Å². The molecule has 0 saturated heterocycles. The molecule has 1 amide bonds. The summed E-state index contributed by atoms with van der Waals surface area (Å²) in [5, 5.41) is 2.94. The zero-order valence-corrected chi connectivity index (χ0v) is 23.2. The molecule has 0 aliphatic rings. The molecule has 0 atom stereocenters. The summed E-state index contributed by atoms with van der Waals surface area (Å²) in [4.78, 5) is 15.0. The van der Waals surface area contributed by atoms with Crippen molar-refractivity contribution in [2.24, 2.45) is 0 Å². The van der Waals surface area contributed by atoms with Crippen molar-refractivity contribution in [3.63, 3.8) is 0 Å². The molecule has 5 N–H and O–H groups in total. The molecule has 0 aliphatic carbocycles. The van der Waals surface area contributed by atoms with E-state index in [1.165, 1.54) is 11.1 Å². The molecule has 38 heavy (non-hydrogen) atoms. The molecule has 0 bridgehead atoms. The number of nitrogen functional groups attached to an aromatic ring is 2. The summed E-state index contributed by atoms with van der Waals surface area (Å²) in [6.07, 6.45) is 0. The van der Waals surface area contributed by atoms with Gasteiger partial charge in [-0.3, -0.25) is 4.79 Å². The highest BCUT2D eigenvalue weighted by Gasteiger charge is 2.18. The van der Waals surface area contributed by atoms with Crippen LogP contribution in [0.4, 0.5) is 34.1 Å². The second kappa shape index (κ2) is 10.3.